The number of hydrogen-bond acceptors (Lipinski definition) is 6. The molecule has 3 aromatic carbocycles. The molecule has 3 aromatic rings. The molecule has 0 aliphatic heterocycles. The summed E-state index contributed by atoms with van der Waals surface area (Å²) in [4.78, 5) is 24.7. The highest BCUT2D eigenvalue weighted by atomic mass is 16.5. The maximum absolute atomic E-state index is 12.4. The lowest BCUT2D eigenvalue weighted by molar-refractivity contribution is 0.0954. The van der Waals surface area contributed by atoms with Gasteiger partial charge in [0.15, 0.2) is 11.5 Å². The first kappa shape index (κ1) is 23.3. The first-order chi connectivity index (χ1) is 15.9. The molecule has 0 aromatic heterocycles. The molecule has 2 N–H and O–H groups in total. The number of carbonyl (C=O) groups is 2. The molecule has 8 nitrogen and oxygen atoms in total. The quantitative estimate of drug-likeness (QED) is 0.401. The van der Waals surface area contributed by atoms with Crippen LogP contribution in [-0.2, 0) is 0 Å². The Labute approximate surface area is 192 Å². The zero-order valence-corrected chi connectivity index (χ0v) is 18.8. The maximum atomic E-state index is 12.4. The van der Waals surface area contributed by atoms with E-state index >= 15 is 0 Å². The van der Waals surface area contributed by atoms with Gasteiger partial charge in [-0.2, -0.15) is 5.10 Å². The van der Waals surface area contributed by atoms with E-state index in [9.17, 15) is 9.59 Å². The maximum Gasteiger partial charge on any atom is 0.271 e. The summed E-state index contributed by atoms with van der Waals surface area (Å²) in [6, 6.07) is 17.2. The highest BCUT2D eigenvalue weighted by molar-refractivity contribution is 6.04. The second-order valence-corrected chi connectivity index (χ2v) is 7.06. The van der Waals surface area contributed by atoms with Gasteiger partial charge in [0.25, 0.3) is 11.8 Å². The van der Waals surface area contributed by atoms with Crippen LogP contribution >= 0.6 is 0 Å². The molecule has 0 aliphatic rings. The van der Waals surface area contributed by atoms with Gasteiger partial charge in [-0.1, -0.05) is 17.7 Å². The van der Waals surface area contributed by atoms with E-state index in [1.54, 1.807) is 48.5 Å². The van der Waals surface area contributed by atoms with E-state index in [1.165, 1.54) is 27.5 Å². The summed E-state index contributed by atoms with van der Waals surface area (Å²) < 4.78 is 15.9. The van der Waals surface area contributed by atoms with Crippen LogP contribution in [0, 0.1) is 6.92 Å². The fourth-order valence-electron chi connectivity index (χ4n) is 3.02. The zero-order chi connectivity index (χ0) is 23.8. The fourth-order valence-corrected chi connectivity index (χ4v) is 3.02. The Kier molecular flexibility index (Phi) is 7.64. The smallest absolute Gasteiger partial charge is 0.271 e. The third kappa shape index (κ3) is 5.88. The van der Waals surface area contributed by atoms with E-state index in [0.29, 0.717) is 39.6 Å². The number of benzene rings is 3. The van der Waals surface area contributed by atoms with E-state index in [1.807, 2.05) is 19.1 Å². The van der Waals surface area contributed by atoms with Crippen LogP contribution in [0.4, 0.5) is 5.69 Å². The average Bonchev–Trinajstić information content (AvgIpc) is 2.84. The van der Waals surface area contributed by atoms with Crippen LogP contribution < -0.4 is 25.0 Å². The summed E-state index contributed by atoms with van der Waals surface area (Å²) >= 11 is 0. The molecular weight excluding hydrogens is 422 g/mol. The zero-order valence-electron chi connectivity index (χ0n) is 18.8. The van der Waals surface area contributed by atoms with Gasteiger partial charge in [-0.15, -0.1) is 0 Å². The van der Waals surface area contributed by atoms with Crippen molar-refractivity contribution in [1.82, 2.24) is 5.43 Å². The molecule has 0 heterocycles. The first-order valence-corrected chi connectivity index (χ1v) is 10.1. The van der Waals surface area contributed by atoms with E-state index in [4.69, 9.17) is 14.2 Å². The van der Waals surface area contributed by atoms with Crippen LogP contribution in [0.3, 0.4) is 0 Å². The van der Waals surface area contributed by atoms with Crippen molar-refractivity contribution in [3.05, 3.63) is 82.9 Å². The van der Waals surface area contributed by atoms with Crippen LogP contribution in [-0.4, -0.2) is 39.4 Å². The second-order valence-electron chi connectivity index (χ2n) is 7.06. The number of nitrogens with zero attached hydrogens (tertiary/aromatic N) is 1. The highest BCUT2D eigenvalue weighted by Gasteiger charge is 2.12. The summed E-state index contributed by atoms with van der Waals surface area (Å²) in [5.41, 5.74) is 5.74. The van der Waals surface area contributed by atoms with E-state index in [0.717, 1.165) is 5.56 Å². The predicted octanol–water partition coefficient (Wildman–Crippen LogP) is 4.04. The molecule has 0 aliphatic carbocycles. The summed E-state index contributed by atoms with van der Waals surface area (Å²) in [6.45, 7) is 1.96. The average molecular weight is 447 g/mol. The van der Waals surface area contributed by atoms with E-state index in [2.05, 4.69) is 15.8 Å². The number of hydrogen-bond donors (Lipinski definition) is 2. The van der Waals surface area contributed by atoms with E-state index in [-0.39, 0.29) is 5.91 Å². The third-order valence-corrected chi connectivity index (χ3v) is 4.79. The van der Waals surface area contributed by atoms with Gasteiger partial charge in [0, 0.05) is 22.4 Å². The molecule has 0 atom stereocenters. The molecule has 3 rings (SSSR count). The monoisotopic (exact) mass is 447 g/mol. The van der Waals surface area contributed by atoms with Crippen molar-refractivity contribution in [1.29, 1.82) is 0 Å². The number of carbonyl (C=O) groups excluding carboxylic acids is 2. The highest BCUT2D eigenvalue weighted by Crippen LogP contribution is 2.37. The Morgan fingerprint density at radius 2 is 1.33 bits per heavy atom. The van der Waals surface area contributed by atoms with Crippen molar-refractivity contribution in [3.63, 3.8) is 0 Å². The molecule has 0 unspecified atom stereocenters. The number of hydrazone groups is 1. The number of rotatable bonds is 8. The van der Waals surface area contributed by atoms with Crippen molar-refractivity contribution in [2.45, 2.75) is 6.92 Å². The molecule has 0 spiro atoms. The number of aryl methyl sites for hydroxylation is 1. The second kappa shape index (κ2) is 10.8. The SMILES string of the molecule is COc1cc(C=NNC(=O)c2ccc(NC(=O)c3ccc(C)cc3)cc2)cc(OC)c1OC. The van der Waals surface area contributed by atoms with Crippen LogP contribution in [0.5, 0.6) is 17.2 Å². The lowest BCUT2D eigenvalue weighted by Gasteiger charge is -2.12. The number of methoxy groups -OCH3 is 3. The number of ether oxygens (including phenoxy) is 3. The van der Waals surface area contributed by atoms with Crippen molar-refractivity contribution < 1.29 is 23.8 Å². The number of anilines is 1. The minimum absolute atomic E-state index is 0.220. The van der Waals surface area contributed by atoms with Gasteiger partial charge in [0.2, 0.25) is 5.75 Å². The largest absolute Gasteiger partial charge is 0.493 e. The van der Waals surface area contributed by atoms with Gasteiger partial charge in [0.1, 0.15) is 0 Å². The lowest BCUT2D eigenvalue weighted by Crippen LogP contribution is -2.18. The summed E-state index contributed by atoms with van der Waals surface area (Å²) in [5.74, 6) is 0.814. The molecule has 2 amide bonds. The van der Waals surface area contributed by atoms with Gasteiger partial charge in [-0.25, -0.2) is 5.43 Å². The van der Waals surface area contributed by atoms with Crippen LogP contribution in [0.15, 0.2) is 65.8 Å². The number of amides is 2. The summed E-state index contributed by atoms with van der Waals surface area (Å²) in [5, 5.41) is 6.80. The first-order valence-electron chi connectivity index (χ1n) is 10.1. The van der Waals surface area contributed by atoms with Gasteiger partial charge < -0.3 is 19.5 Å². The molecule has 33 heavy (non-hydrogen) atoms. The Hall–Kier alpha value is -4.33. The fraction of sp³-hybridized carbons (Fsp3) is 0.160. The molecule has 0 radical (unpaired) electrons. The Bertz CT molecular complexity index is 1130. The van der Waals surface area contributed by atoms with Crippen LogP contribution in [0.1, 0.15) is 31.8 Å². The topological polar surface area (TPSA) is 98.2 Å². The number of nitrogens with one attached hydrogen (secondary N) is 2. The molecule has 0 bridgehead atoms. The van der Waals surface area contributed by atoms with Gasteiger partial charge in [-0.3, -0.25) is 9.59 Å². The Morgan fingerprint density at radius 3 is 1.88 bits per heavy atom. The van der Waals surface area contributed by atoms with E-state index < -0.39 is 5.91 Å². The Balaban J connectivity index is 1.62. The predicted molar refractivity (Wildman–Crippen MR) is 127 cm³/mol. The van der Waals surface area contributed by atoms with Crippen LogP contribution in [0.25, 0.3) is 0 Å². The molecule has 8 heteroatoms. The van der Waals surface area contributed by atoms with Gasteiger partial charge >= 0.3 is 0 Å². The molecular formula is C25H25N3O5. The van der Waals surface area contributed by atoms with Gasteiger partial charge in [-0.05, 0) is 55.5 Å². The van der Waals surface area contributed by atoms with Crippen molar-refractivity contribution in [2.75, 3.05) is 26.6 Å². The minimum Gasteiger partial charge on any atom is -0.493 e. The standard InChI is InChI=1S/C25H25N3O5/c1-16-5-7-18(8-6-16)24(29)27-20-11-9-19(10-12-20)25(30)28-26-15-17-13-21(31-2)23(33-4)22(14-17)32-3/h5-15H,1-4H3,(H,27,29)(H,28,30). The van der Waals surface area contributed by atoms with Gasteiger partial charge in [0.05, 0.1) is 27.5 Å². The molecule has 0 saturated heterocycles. The molecule has 0 fully saturated rings. The molecule has 170 valence electrons. The minimum atomic E-state index is -0.393. The summed E-state index contributed by atoms with van der Waals surface area (Å²) in [7, 11) is 4.56. The normalized spacial score (nSPS) is 10.5. The Morgan fingerprint density at radius 1 is 0.788 bits per heavy atom. The van der Waals surface area contributed by atoms with Crippen molar-refractivity contribution in [3.8, 4) is 17.2 Å². The lowest BCUT2D eigenvalue weighted by atomic mass is 10.1. The van der Waals surface area contributed by atoms with Crippen molar-refractivity contribution >= 4 is 23.7 Å². The van der Waals surface area contributed by atoms with Crippen molar-refractivity contribution in [2.24, 2.45) is 5.10 Å². The third-order valence-electron chi connectivity index (χ3n) is 4.79. The molecule has 0 saturated carbocycles. The summed E-state index contributed by atoms with van der Waals surface area (Å²) in [6.07, 6.45) is 1.47. The van der Waals surface area contributed by atoms with Crippen LogP contribution in [0.2, 0.25) is 0 Å².